The van der Waals surface area contributed by atoms with E-state index in [1.807, 2.05) is 17.1 Å². The van der Waals surface area contributed by atoms with E-state index >= 15 is 0 Å². The Morgan fingerprint density at radius 3 is 1.93 bits per heavy atom. The number of unbranched alkanes of at least 4 members (excludes halogenated alkanes) is 1. The van der Waals surface area contributed by atoms with Crippen molar-refractivity contribution in [3.05, 3.63) is 50.9 Å². The average molecular weight is 191 g/mol. The standard InChI is InChI=1S/C13H21N/c1-5-13(6-2)11-9-10-12-14(7-3)8-4/h5-8,13H,1-4,9-12H2. The van der Waals surface area contributed by atoms with Gasteiger partial charge in [-0.3, -0.25) is 0 Å². The van der Waals surface area contributed by atoms with E-state index in [9.17, 15) is 0 Å². The van der Waals surface area contributed by atoms with Crippen molar-refractivity contribution in [2.45, 2.75) is 19.3 Å². The molecule has 0 bridgehead atoms. The third-order valence-corrected chi connectivity index (χ3v) is 2.28. The first-order valence-electron chi connectivity index (χ1n) is 5.04. The van der Waals surface area contributed by atoms with E-state index in [-0.39, 0.29) is 0 Å². The lowest BCUT2D eigenvalue weighted by Gasteiger charge is -2.14. The molecule has 78 valence electrons. The predicted octanol–water partition coefficient (Wildman–Crippen LogP) is 3.73. The van der Waals surface area contributed by atoms with E-state index in [1.54, 1.807) is 12.4 Å². The Morgan fingerprint density at radius 1 is 0.929 bits per heavy atom. The second kappa shape index (κ2) is 8.36. The monoisotopic (exact) mass is 191 g/mol. The number of hydrogen-bond donors (Lipinski definition) is 0. The molecule has 0 spiro atoms. The van der Waals surface area contributed by atoms with Crippen molar-refractivity contribution in [3.63, 3.8) is 0 Å². The van der Waals surface area contributed by atoms with Crippen LogP contribution in [0.5, 0.6) is 0 Å². The van der Waals surface area contributed by atoms with Gasteiger partial charge in [0.05, 0.1) is 0 Å². The molecule has 0 aliphatic rings. The van der Waals surface area contributed by atoms with E-state index in [2.05, 4.69) is 26.3 Å². The molecule has 1 nitrogen and oxygen atoms in total. The maximum atomic E-state index is 3.76. The van der Waals surface area contributed by atoms with Gasteiger partial charge >= 0.3 is 0 Å². The van der Waals surface area contributed by atoms with Crippen molar-refractivity contribution >= 4 is 0 Å². The molecule has 0 N–H and O–H groups in total. The van der Waals surface area contributed by atoms with Crippen LogP contribution < -0.4 is 0 Å². The summed E-state index contributed by atoms with van der Waals surface area (Å²) in [7, 11) is 0. The summed E-state index contributed by atoms with van der Waals surface area (Å²) >= 11 is 0. The van der Waals surface area contributed by atoms with Crippen LogP contribution in [0.15, 0.2) is 50.9 Å². The first-order valence-corrected chi connectivity index (χ1v) is 5.04. The summed E-state index contributed by atoms with van der Waals surface area (Å²) < 4.78 is 0. The van der Waals surface area contributed by atoms with Crippen LogP contribution in [0.2, 0.25) is 0 Å². The molecule has 0 radical (unpaired) electrons. The van der Waals surface area contributed by atoms with E-state index < -0.39 is 0 Å². The minimum absolute atomic E-state index is 0.455. The molecule has 0 unspecified atom stereocenters. The highest BCUT2D eigenvalue weighted by Gasteiger charge is 1.98. The molecule has 0 saturated heterocycles. The quantitative estimate of drug-likeness (QED) is 0.396. The van der Waals surface area contributed by atoms with Crippen molar-refractivity contribution in [1.29, 1.82) is 0 Å². The molecule has 0 rings (SSSR count). The first kappa shape index (κ1) is 12.8. The van der Waals surface area contributed by atoms with Gasteiger partial charge in [-0.15, -0.1) is 13.2 Å². The molecule has 0 aromatic rings. The van der Waals surface area contributed by atoms with Crippen LogP contribution in [0.25, 0.3) is 0 Å². The minimum atomic E-state index is 0.455. The Bertz CT molecular complexity index is 155. The van der Waals surface area contributed by atoms with Gasteiger partial charge in [-0.1, -0.05) is 31.7 Å². The van der Waals surface area contributed by atoms with E-state index in [0.29, 0.717) is 5.92 Å². The number of nitrogens with zero attached hydrogens (tertiary/aromatic N) is 1. The van der Waals surface area contributed by atoms with Gasteiger partial charge in [-0.2, -0.15) is 0 Å². The van der Waals surface area contributed by atoms with Crippen LogP contribution in [0.3, 0.4) is 0 Å². The highest BCUT2D eigenvalue weighted by Crippen LogP contribution is 2.10. The molecule has 0 aromatic heterocycles. The van der Waals surface area contributed by atoms with E-state index in [4.69, 9.17) is 0 Å². The predicted molar refractivity (Wildman–Crippen MR) is 64.8 cm³/mol. The normalized spacial score (nSPS) is 9.50. The van der Waals surface area contributed by atoms with Crippen molar-refractivity contribution in [2.75, 3.05) is 6.54 Å². The van der Waals surface area contributed by atoms with Crippen LogP contribution in [-0.4, -0.2) is 11.4 Å². The van der Waals surface area contributed by atoms with Gasteiger partial charge in [0.25, 0.3) is 0 Å². The zero-order valence-electron chi connectivity index (χ0n) is 8.99. The van der Waals surface area contributed by atoms with E-state index in [0.717, 1.165) is 19.4 Å². The Kier molecular flexibility index (Phi) is 7.62. The lowest BCUT2D eigenvalue weighted by molar-refractivity contribution is 0.467. The zero-order valence-corrected chi connectivity index (χ0v) is 8.99. The summed E-state index contributed by atoms with van der Waals surface area (Å²) in [5.41, 5.74) is 0. The topological polar surface area (TPSA) is 3.24 Å². The molecule has 0 heterocycles. The molecular formula is C13H21N. The molecule has 0 fully saturated rings. The Hall–Kier alpha value is -1.24. The van der Waals surface area contributed by atoms with Crippen LogP contribution >= 0.6 is 0 Å². The summed E-state index contributed by atoms with van der Waals surface area (Å²) in [6.45, 7) is 15.9. The fraction of sp³-hybridized carbons (Fsp3) is 0.385. The Morgan fingerprint density at radius 2 is 1.50 bits per heavy atom. The van der Waals surface area contributed by atoms with Crippen LogP contribution in [-0.2, 0) is 0 Å². The van der Waals surface area contributed by atoms with E-state index in [1.165, 1.54) is 6.42 Å². The maximum absolute atomic E-state index is 3.76. The molecular weight excluding hydrogens is 170 g/mol. The van der Waals surface area contributed by atoms with Crippen LogP contribution in [0, 0.1) is 5.92 Å². The maximum Gasteiger partial charge on any atom is 0.0219 e. The highest BCUT2D eigenvalue weighted by molar-refractivity contribution is 4.91. The molecule has 0 atom stereocenters. The lowest BCUT2D eigenvalue weighted by Crippen LogP contribution is -2.10. The van der Waals surface area contributed by atoms with Gasteiger partial charge in [0.15, 0.2) is 0 Å². The third-order valence-electron chi connectivity index (χ3n) is 2.28. The molecule has 0 saturated carbocycles. The fourth-order valence-electron chi connectivity index (χ4n) is 1.26. The zero-order chi connectivity index (χ0) is 10.8. The van der Waals surface area contributed by atoms with Gasteiger partial charge < -0.3 is 4.90 Å². The first-order chi connectivity index (χ1) is 6.78. The number of hydrogen-bond acceptors (Lipinski definition) is 1. The SMILES string of the molecule is C=CC(C=C)CCCCN(C=C)C=C. The minimum Gasteiger partial charge on any atom is -0.355 e. The molecule has 1 heteroatoms. The summed E-state index contributed by atoms with van der Waals surface area (Å²) in [6, 6.07) is 0. The molecule has 0 amide bonds. The fourth-order valence-corrected chi connectivity index (χ4v) is 1.26. The number of allylic oxidation sites excluding steroid dienone is 2. The van der Waals surface area contributed by atoms with Gasteiger partial charge in [0.2, 0.25) is 0 Å². The summed E-state index contributed by atoms with van der Waals surface area (Å²) in [4.78, 5) is 2.00. The lowest BCUT2D eigenvalue weighted by atomic mass is 10.0. The third kappa shape index (κ3) is 5.41. The second-order valence-corrected chi connectivity index (χ2v) is 3.23. The molecule has 0 aliphatic carbocycles. The van der Waals surface area contributed by atoms with Gasteiger partial charge in [-0.05, 0) is 31.2 Å². The van der Waals surface area contributed by atoms with Gasteiger partial charge in [-0.25, -0.2) is 0 Å². The molecule has 0 aromatic carbocycles. The molecule has 0 aliphatic heterocycles. The largest absolute Gasteiger partial charge is 0.355 e. The van der Waals surface area contributed by atoms with Crippen molar-refractivity contribution in [2.24, 2.45) is 5.92 Å². The van der Waals surface area contributed by atoms with Crippen molar-refractivity contribution in [3.8, 4) is 0 Å². The van der Waals surface area contributed by atoms with Gasteiger partial charge in [0, 0.05) is 6.54 Å². The summed E-state index contributed by atoms with van der Waals surface area (Å²) in [5, 5.41) is 0. The number of rotatable bonds is 9. The van der Waals surface area contributed by atoms with Crippen molar-refractivity contribution < 1.29 is 0 Å². The highest BCUT2D eigenvalue weighted by atomic mass is 15.1. The van der Waals surface area contributed by atoms with Crippen LogP contribution in [0.4, 0.5) is 0 Å². The second-order valence-electron chi connectivity index (χ2n) is 3.23. The Balaban J connectivity index is 3.53. The molecule has 14 heavy (non-hydrogen) atoms. The smallest absolute Gasteiger partial charge is 0.0219 e. The summed E-state index contributed by atoms with van der Waals surface area (Å²) in [5.74, 6) is 0.455. The summed E-state index contributed by atoms with van der Waals surface area (Å²) in [6.07, 6.45) is 11.0. The Labute approximate surface area is 88.1 Å². The van der Waals surface area contributed by atoms with Gasteiger partial charge in [0.1, 0.15) is 0 Å². The van der Waals surface area contributed by atoms with Crippen molar-refractivity contribution in [1.82, 2.24) is 4.90 Å². The average Bonchev–Trinajstić information content (AvgIpc) is 2.24. The van der Waals surface area contributed by atoms with Crippen LogP contribution in [0.1, 0.15) is 19.3 Å².